The van der Waals surface area contributed by atoms with E-state index in [1.165, 1.54) is 5.56 Å². The summed E-state index contributed by atoms with van der Waals surface area (Å²) in [6, 6.07) is 5.96. The van der Waals surface area contributed by atoms with E-state index in [9.17, 15) is 0 Å². The molecule has 0 aromatic heterocycles. The Labute approximate surface area is 90.2 Å². The van der Waals surface area contributed by atoms with Gasteiger partial charge in [0.1, 0.15) is 11.5 Å². The molecule has 0 spiro atoms. The van der Waals surface area contributed by atoms with Gasteiger partial charge in [-0.25, -0.2) is 0 Å². The summed E-state index contributed by atoms with van der Waals surface area (Å²) in [6.07, 6.45) is 2.02. The number of rotatable bonds is 2. The molecular formula is C12H17NO2. The lowest BCUT2D eigenvalue weighted by molar-refractivity contribution is 0.296. The van der Waals surface area contributed by atoms with Gasteiger partial charge < -0.3 is 15.2 Å². The molecule has 15 heavy (non-hydrogen) atoms. The molecule has 1 aliphatic heterocycles. The third-order valence-corrected chi connectivity index (χ3v) is 2.89. The van der Waals surface area contributed by atoms with Crippen molar-refractivity contribution < 1.29 is 9.47 Å². The minimum atomic E-state index is 0.526. The molecule has 1 unspecified atom stereocenters. The summed E-state index contributed by atoms with van der Waals surface area (Å²) in [5.41, 5.74) is 6.92. The van der Waals surface area contributed by atoms with Gasteiger partial charge >= 0.3 is 0 Å². The summed E-state index contributed by atoms with van der Waals surface area (Å²) in [7, 11) is 1.68. The molecule has 0 saturated heterocycles. The second-order valence-electron chi connectivity index (χ2n) is 3.92. The van der Waals surface area contributed by atoms with Gasteiger partial charge in [-0.15, -0.1) is 0 Å². The summed E-state index contributed by atoms with van der Waals surface area (Å²) in [5.74, 6) is 2.39. The predicted octanol–water partition coefficient (Wildman–Crippen LogP) is 1.60. The number of benzene rings is 1. The van der Waals surface area contributed by atoms with Crippen LogP contribution in [0.4, 0.5) is 0 Å². The number of hydrogen-bond acceptors (Lipinski definition) is 3. The van der Waals surface area contributed by atoms with Crippen LogP contribution in [0, 0.1) is 5.92 Å². The zero-order valence-corrected chi connectivity index (χ0v) is 9.03. The summed E-state index contributed by atoms with van der Waals surface area (Å²) in [6.45, 7) is 1.49. The average Bonchev–Trinajstić information content (AvgIpc) is 2.49. The number of methoxy groups -OCH3 is 1. The van der Waals surface area contributed by atoms with E-state index in [1.54, 1.807) is 7.11 Å². The highest BCUT2D eigenvalue weighted by Gasteiger charge is 2.16. The number of ether oxygens (including phenoxy) is 2. The van der Waals surface area contributed by atoms with Crippen molar-refractivity contribution in [2.45, 2.75) is 12.8 Å². The lowest BCUT2D eigenvalue weighted by Crippen LogP contribution is -2.17. The van der Waals surface area contributed by atoms with Crippen molar-refractivity contribution in [3.8, 4) is 11.5 Å². The van der Waals surface area contributed by atoms with E-state index in [1.807, 2.05) is 18.2 Å². The Balaban J connectivity index is 2.27. The summed E-state index contributed by atoms with van der Waals surface area (Å²) < 4.78 is 10.9. The maximum Gasteiger partial charge on any atom is 0.122 e. The molecule has 0 amide bonds. The normalized spacial score (nSPS) is 20.0. The molecule has 1 aliphatic rings. The highest BCUT2D eigenvalue weighted by Crippen LogP contribution is 2.29. The SMILES string of the molecule is COc1ccc2c(c1)CC(CN)CCO2. The zero-order chi connectivity index (χ0) is 10.7. The smallest absolute Gasteiger partial charge is 0.122 e. The maximum atomic E-state index is 5.71. The molecular weight excluding hydrogens is 190 g/mol. The van der Waals surface area contributed by atoms with Gasteiger partial charge in [-0.2, -0.15) is 0 Å². The van der Waals surface area contributed by atoms with Crippen molar-refractivity contribution in [1.82, 2.24) is 0 Å². The second kappa shape index (κ2) is 4.53. The van der Waals surface area contributed by atoms with E-state index >= 15 is 0 Å². The van der Waals surface area contributed by atoms with Crippen molar-refractivity contribution in [2.75, 3.05) is 20.3 Å². The van der Waals surface area contributed by atoms with Gasteiger partial charge in [-0.3, -0.25) is 0 Å². The van der Waals surface area contributed by atoms with Gasteiger partial charge in [0.2, 0.25) is 0 Å². The van der Waals surface area contributed by atoms with Crippen LogP contribution in [0.1, 0.15) is 12.0 Å². The zero-order valence-electron chi connectivity index (χ0n) is 9.03. The highest BCUT2D eigenvalue weighted by atomic mass is 16.5. The van der Waals surface area contributed by atoms with Gasteiger partial charge in [0, 0.05) is 0 Å². The molecule has 0 aliphatic carbocycles. The Bertz CT molecular complexity index is 338. The molecule has 0 fully saturated rings. The Hall–Kier alpha value is -1.22. The molecule has 0 bridgehead atoms. The molecule has 2 N–H and O–H groups in total. The molecule has 0 radical (unpaired) electrons. The fraction of sp³-hybridized carbons (Fsp3) is 0.500. The molecule has 1 heterocycles. The van der Waals surface area contributed by atoms with Crippen LogP contribution in [0.5, 0.6) is 11.5 Å². The van der Waals surface area contributed by atoms with Crippen LogP contribution in [-0.2, 0) is 6.42 Å². The lowest BCUT2D eigenvalue weighted by atomic mass is 9.97. The molecule has 82 valence electrons. The van der Waals surface area contributed by atoms with Gasteiger partial charge in [-0.05, 0) is 49.1 Å². The molecule has 1 atom stereocenters. The van der Waals surface area contributed by atoms with Crippen molar-refractivity contribution >= 4 is 0 Å². The summed E-state index contributed by atoms with van der Waals surface area (Å²) in [5, 5.41) is 0. The molecule has 3 nitrogen and oxygen atoms in total. The third-order valence-electron chi connectivity index (χ3n) is 2.89. The van der Waals surface area contributed by atoms with E-state index in [-0.39, 0.29) is 0 Å². The van der Waals surface area contributed by atoms with Crippen LogP contribution < -0.4 is 15.2 Å². The van der Waals surface area contributed by atoms with E-state index < -0.39 is 0 Å². The van der Waals surface area contributed by atoms with Crippen molar-refractivity contribution in [3.05, 3.63) is 23.8 Å². The minimum Gasteiger partial charge on any atom is -0.497 e. The van der Waals surface area contributed by atoms with Crippen LogP contribution >= 0.6 is 0 Å². The molecule has 1 aromatic carbocycles. The molecule has 3 heteroatoms. The Morgan fingerprint density at radius 3 is 3.13 bits per heavy atom. The second-order valence-corrected chi connectivity index (χ2v) is 3.92. The fourth-order valence-electron chi connectivity index (χ4n) is 1.93. The lowest BCUT2D eigenvalue weighted by Gasteiger charge is -2.10. The Kier molecular flexibility index (Phi) is 3.11. The minimum absolute atomic E-state index is 0.526. The van der Waals surface area contributed by atoms with Gasteiger partial charge in [0.15, 0.2) is 0 Å². The van der Waals surface area contributed by atoms with Crippen LogP contribution in [-0.4, -0.2) is 20.3 Å². The first-order valence-electron chi connectivity index (χ1n) is 5.33. The quantitative estimate of drug-likeness (QED) is 0.801. The van der Waals surface area contributed by atoms with E-state index in [4.69, 9.17) is 15.2 Å². The summed E-state index contributed by atoms with van der Waals surface area (Å²) >= 11 is 0. The van der Waals surface area contributed by atoms with Crippen LogP contribution in [0.15, 0.2) is 18.2 Å². The maximum absolute atomic E-state index is 5.71. The molecule has 1 aromatic rings. The van der Waals surface area contributed by atoms with E-state index in [0.717, 1.165) is 37.5 Å². The van der Waals surface area contributed by atoms with Gasteiger partial charge in [0.25, 0.3) is 0 Å². The monoisotopic (exact) mass is 207 g/mol. The first-order chi connectivity index (χ1) is 7.33. The first kappa shape index (κ1) is 10.3. The van der Waals surface area contributed by atoms with Crippen LogP contribution in [0.3, 0.4) is 0 Å². The Morgan fingerprint density at radius 2 is 2.40 bits per heavy atom. The van der Waals surface area contributed by atoms with Crippen molar-refractivity contribution in [1.29, 1.82) is 0 Å². The highest BCUT2D eigenvalue weighted by molar-refractivity contribution is 5.41. The first-order valence-corrected chi connectivity index (χ1v) is 5.33. The standard InChI is InChI=1S/C12H17NO2/c1-14-11-2-3-12-10(7-11)6-9(8-13)4-5-15-12/h2-3,7,9H,4-6,8,13H2,1H3. The number of fused-ring (bicyclic) bond motifs is 1. The molecule has 0 saturated carbocycles. The topological polar surface area (TPSA) is 44.5 Å². The van der Waals surface area contributed by atoms with Crippen molar-refractivity contribution in [2.24, 2.45) is 11.7 Å². The Morgan fingerprint density at radius 1 is 1.53 bits per heavy atom. The van der Waals surface area contributed by atoms with Crippen molar-refractivity contribution in [3.63, 3.8) is 0 Å². The summed E-state index contributed by atoms with van der Waals surface area (Å²) in [4.78, 5) is 0. The van der Waals surface area contributed by atoms with E-state index in [0.29, 0.717) is 5.92 Å². The van der Waals surface area contributed by atoms with Crippen LogP contribution in [0.2, 0.25) is 0 Å². The number of nitrogens with two attached hydrogens (primary N) is 1. The fourth-order valence-corrected chi connectivity index (χ4v) is 1.93. The van der Waals surface area contributed by atoms with Gasteiger partial charge in [-0.1, -0.05) is 0 Å². The predicted molar refractivity (Wildman–Crippen MR) is 59.4 cm³/mol. The van der Waals surface area contributed by atoms with Gasteiger partial charge in [0.05, 0.1) is 13.7 Å². The van der Waals surface area contributed by atoms with E-state index in [2.05, 4.69) is 0 Å². The average molecular weight is 207 g/mol. The largest absolute Gasteiger partial charge is 0.497 e. The third kappa shape index (κ3) is 2.23. The number of hydrogen-bond donors (Lipinski definition) is 1. The van der Waals surface area contributed by atoms with Crippen LogP contribution in [0.25, 0.3) is 0 Å². The molecule has 2 rings (SSSR count).